The van der Waals surface area contributed by atoms with Crippen LogP contribution in [0.2, 0.25) is 0 Å². The van der Waals surface area contributed by atoms with Crippen LogP contribution in [0.1, 0.15) is 28.7 Å². The number of alkyl halides is 3. The van der Waals surface area contributed by atoms with Crippen molar-refractivity contribution in [1.29, 1.82) is 0 Å². The van der Waals surface area contributed by atoms with E-state index in [1.807, 2.05) is 0 Å². The third-order valence-corrected chi connectivity index (χ3v) is 2.96. The molecule has 2 nitrogen and oxygen atoms in total. The lowest BCUT2D eigenvalue weighted by Gasteiger charge is -2.16. The zero-order valence-electron chi connectivity index (χ0n) is 10.9. The molecule has 1 aromatic carbocycles. The average Bonchev–Trinajstić information content (AvgIpc) is 2.77. The first-order valence-corrected chi connectivity index (χ1v) is 5.93. The summed E-state index contributed by atoms with van der Waals surface area (Å²) in [6, 6.07) is 5.75. The number of halogens is 4. The predicted molar refractivity (Wildman–Crippen MR) is 65.7 cm³/mol. The van der Waals surface area contributed by atoms with E-state index in [4.69, 9.17) is 4.42 Å². The number of aryl methyl sites for hydroxylation is 1. The van der Waals surface area contributed by atoms with Crippen molar-refractivity contribution in [3.63, 3.8) is 0 Å². The van der Waals surface area contributed by atoms with Crippen molar-refractivity contribution >= 4 is 0 Å². The molecule has 2 aromatic rings. The van der Waals surface area contributed by atoms with E-state index in [1.165, 1.54) is 6.07 Å². The Balaban J connectivity index is 2.46. The van der Waals surface area contributed by atoms with E-state index in [9.17, 15) is 17.6 Å². The molecule has 0 aliphatic heterocycles. The standard InChI is InChI=1S/C14H13F4NO/c1-8-3-6-12(20-8)13(19-2)9-4-5-11(15)10(7-9)14(16,17)18/h3-7,13,19H,1-2H3. The monoisotopic (exact) mass is 287 g/mol. The SMILES string of the molecule is CNC(c1ccc(F)c(C(F)(F)F)c1)c1ccc(C)o1. The number of nitrogens with one attached hydrogen (secondary N) is 1. The second-order valence-electron chi connectivity index (χ2n) is 4.41. The van der Waals surface area contributed by atoms with Crippen molar-refractivity contribution in [3.8, 4) is 0 Å². The van der Waals surface area contributed by atoms with Crippen molar-refractivity contribution in [2.24, 2.45) is 0 Å². The zero-order chi connectivity index (χ0) is 14.9. The molecule has 0 aliphatic rings. The summed E-state index contributed by atoms with van der Waals surface area (Å²) >= 11 is 0. The second kappa shape index (κ2) is 5.28. The van der Waals surface area contributed by atoms with Crippen molar-refractivity contribution in [2.75, 3.05) is 7.05 Å². The Morgan fingerprint density at radius 3 is 2.35 bits per heavy atom. The molecular weight excluding hydrogens is 274 g/mol. The number of furan rings is 1. The van der Waals surface area contributed by atoms with Crippen LogP contribution in [0.4, 0.5) is 17.6 Å². The first-order chi connectivity index (χ1) is 9.32. The third-order valence-electron chi connectivity index (χ3n) is 2.96. The molecule has 1 N–H and O–H groups in total. The molecule has 20 heavy (non-hydrogen) atoms. The molecule has 0 fully saturated rings. The molecule has 1 unspecified atom stereocenters. The molecule has 0 saturated carbocycles. The van der Waals surface area contributed by atoms with Crippen molar-refractivity contribution in [2.45, 2.75) is 19.1 Å². The molecule has 6 heteroatoms. The van der Waals surface area contributed by atoms with E-state index < -0.39 is 23.6 Å². The number of rotatable bonds is 3. The van der Waals surface area contributed by atoms with E-state index in [-0.39, 0.29) is 5.56 Å². The van der Waals surface area contributed by atoms with Gasteiger partial charge in [0.25, 0.3) is 0 Å². The number of hydrogen-bond acceptors (Lipinski definition) is 2. The Bertz CT molecular complexity index is 603. The van der Waals surface area contributed by atoms with Gasteiger partial charge in [-0.05, 0) is 43.8 Å². The van der Waals surface area contributed by atoms with E-state index in [2.05, 4.69) is 5.32 Å². The second-order valence-corrected chi connectivity index (χ2v) is 4.41. The van der Waals surface area contributed by atoms with E-state index >= 15 is 0 Å². The van der Waals surface area contributed by atoms with Crippen LogP contribution in [0.3, 0.4) is 0 Å². The Labute approximate surface area is 113 Å². The highest BCUT2D eigenvalue weighted by atomic mass is 19.4. The van der Waals surface area contributed by atoms with E-state index in [1.54, 1.807) is 26.1 Å². The van der Waals surface area contributed by atoms with Crippen LogP contribution in [0.25, 0.3) is 0 Å². The van der Waals surface area contributed by atoms with Gasteiger partial charge in [-0.25, -0.2) is 4.39 Å². The smallest absolute Gasteiger partial charge is 0.419 e. The molecular formula is C14H13F4NO. The minimum absolute atomic E-state index is 0.288. The molecule has 0 amide bonds. The van der Waals surface area contributed by atoms with Crippen molar-refractivity contribution in [1.82, 2.24) is 5.32 Å². The maximum Gasteiger partial charge on any atom is 0.419 e. The fourth-order valence-electron chi connectivity index (χ4n) is 2.02. The largest absolute Gasteiger partial charge is 0.464 e. The average molecular weight is 287 g/mol. The molecule has 1 heterocycles. The van der Waals surface area contributed by atoms with Crippen LogP contribution in [-0.2, 0) is 6.18 Å². The lowest BCUT2D eigenvalue weighted by Crippen LogP contribution is -2.18. The fourth-order valence-corrected chi connectivity index (χ4v) is 2.02. The molecule has 108 valence electrons. The fraction of sp³-hybridized carbons (Fsp3) is 0.286. The summed E-state index contributed by atoms with van der Waals surface area (Å²) in [4.78, 5) is 0. The summed E-state index contributed by atoms with van der Waals surface area (Å²) < 4.78 is 56.8. The van der Waals surface area contributed by atoms with Gasteiger partial charge >= 0.3 is 6.18 Å². The molecule has 1 aromatic heterocycles. The van der Waals surface area contributed by atoms with E-state index in [0.717, 1.165) is 12.1 Å². The summed E-state index contributed by atoms with van der Waals surface area (Å²) in [5.41, 5.74) is -0.992. The summed E-state index contributed by atoms with van der Waals surface area (Å²) in [6.07, 6.45) is -4.72. The molecule has 0 bridgehead atoms. The molecule has 0 aliphatic carbocycles. The maximum absolute atomic E-state index is 13.3. The number of hydrogen-bond donors (Lipinski definition) is 1. The van der Waals surface area contributed by atoms with Crippen LogP contribution in [0.5, 0.6) is 0 Å². The van der Waals surface area contributed by atoms with Crippen LogP contribution in [0, 0.1) is 12.7 Å². The highest BCUT2D eigenvalue weighted by Crippen LogP contribution is 2.34. The van der Waals surface area contributed by atoms with Crippen molar-refractivity contribution < 1.29 is 22.0 Å². The van der Waals surface area contributed by atoms with Crippen LogP contribution >= 0.6 is 0 Å². The van der Waals surface area contributed by atoms with E-state index in [0.29, 0.717) is 11.5 Å². The first-order valence-electron chi connectivity index (χ1n) is 5.93. The van der Waals surface area contributed by atoms with Gasteiger partial charge in [-0.3, -0.25) is 0 Å². The maximum atomic E-state index is 13.3. The molecule has 0 saturated heterocycles. The first kappa shape index (κ1) is 14.6. The molecule has 0 radical (unpaired) electrons. The Kier molecular flexibility index (Phi) is 3.85. The third kappa shape index (κ3) is 2.85. The van der Waals surface area contributed by atoms with Gasteiger partial charge in [0, 0.05) is 0 Å². The highest BCUT2D eigenvalue weighted by Gasteiger charge is 2.35. The zero-order valence-corrected chi connectivity index (χ0v) is 10.9. The molecule has 2 rings (SSSR count). The van der Waals surface area contributed by atoms with Gasteiger partial charge in [-0.15, -0.1) is 0 Å². The normalized spacial score (nSPS) is 13.5. The summed E-state index contributed by atoms with van der Waals surface area (Å²) in [5.74, 6) is -0.158. The topological polar surface area (TPSA) is 25.2 Å². The van der Waals surface area contributed by atoms with Gasteiger partial charge < -0.3 is 9.73 Å². The van der Waals surface area contributed by atoms with Gasteiger partial charge in [0.15, 0.2) is 0 Å². The Hall–Kier alpha value is -1.82. The van der Waals surface area contributed by atoms with Gasteiger partial charge in [0.05, 0.1) is 11.6 Å². The summed E-state index contributed by atoms with van der Waals surface area (Å²) in [7, 11) is 1.60. The molecule has 0 spiro atoms. The minimum atomic E-state index is -4.72. The van der Waals surface area contributed by atoms with Crippen LogP contribution < -0.4 is 5.32 Å². The van der Waals surface area contributed by atoms with Crippen molar-refractivity contribution in [3.05, 3.63) is 58.8 Å². The lowest BCUT2D eigenvalue weighted by molar-refractivity contribution is -0.140. The Morgan fingerprint density at radius 1 is 1.15 bits per heavy atom. The van der Waals surface area contributed by atoms with Gasteiger partial charge in [-0.1, -0.05) is 6.07 Å². The van der Waals surface area contributed by atoms with Crippen LogP contribution in [0.15, 0.2) is 34.7 Å². The quantitative estimate of drug-likeness (QED) is 0.861. The van der Waals surface area contributed by atoms with Gasteiger partial charge in [0.2, 0.25) is 0 Å². The lowest BCUT2D eigenvalue weighted by atomic mass is 10.0. The summed E-state index contributed by atoms with van der Waals surface area (Å²) in [5, 5.41) is 2.86. The predicted octanol–water partition coefficient (Wildman–Crippen LogP) is 4.05. The number of benzene rings is 1. The minimum Gasteiger partial charge on any atom is -0.464 e. The molecule has 1 atom stereocenters. The van der Waals surface area contributed by atoms with Gasteiger partial charge in [-0.2, -0.15) is 13.2 Å². The Morgan fingerprint density at radius 2 is 1.85 bits per heavy atom. The summed E-state index contributed by atoms with van der Waals surface area (Å²) in [6.45, 7) is 1.74. The highest BCUT2D eigenvalue weighted by molar-refractivity contribution is 5.33. The van der Waals surface area contributed by atoms with Gasteiger partial charge in [0.1, 0.15) is 17.3 Å². The van der Waals surface area contributed by atoms with Crippen LogP contribution in [-0.4, -0.2) is 7.05 Å².